The van der Waals surface area contributed by atoms with Gasteiger partial charge in [-0.1, -0.05) is 31.9 Å². The van der Waals surface area contributed by atoms with Crippen molar-refractivity contribution >= 4 is 12.0 Å². The van der Waals surface area contributed by atoms with Gasteiger partial charge in [-0.3, -0.25) is 4.79 Å². The highest BCUT2D eigenvalue weighted by Crippen LogP contribution is 2.24. The molecule has 112 valence electrons. The average Bonchev–Trinajstić information content (AvgIpc) is 2.55. The highest BCUT2D eigenvalue weighted by molar-refractivity contribution is 6.01. The molecule has 22 heavy (non-hydrogen) atoms. The van der Waals surface area contributed by atoms with E-state index in [-0.39, 0.29) is 17.5 Å². The molecule has 2 atom stereocenters. The van der Waals surface area contributed by atoms with E-state index in [0.29, 0.717) is 11.5 Å². The van der Waals surface area contributed by atoms with Gasteiger partial charge in [0.1, 0.15) is 11.6 Å². The van der Waals surface area contributed by atoms with Crippen molar-refractivity contribution in [1.29, 1.82) is 10.5 Å². The predicted molar refractivity (Wildman–Crippen MR) is 84.3 cm³/mol. The van der Waals surface area contributed by atoms with Crippen molar-refractivity contribution in [3.05, 3.63) is 41.0 Å². The average molecular weight is 293 g/mol. The van der Waals surface area contributed by atoms with Gasteiger partial charge < -0.3 is 5.32 Å². The van der Waals surface area contributed by atoms with Crippen LogP contribution in [-0.2, 0) is 4.79 Å². The van der Waals surface area contributed by atoms with Crippen molar-refractivity contribution in [1.82, 2.24) is 5.32 Å². The molecule has 0 heterocycles. The van der Waals surface area contributed by atoms with Crippen LogP contribution >= 0.6 is 0 Å². The predicted octanol–water partition coefficient (Wildman–Crippen LogP) is 3.16. The van der Waals surface area contributed by atoms with E-state index in [1.165, 1.54) is 6.42 Å². The molecule has 1 aliphatic rings. The number of carbonyl (C=O) groups excluding carboxylic acids is 1. The molecule has 1 amide bonds. The lowest BCUT2D eigenvalue weighted by Gasteiger charge is -2.29. The standard InChI is InChI=1S/C18H19N3O/c1-13-4-2-3-5-17(13)21-18(22)16(12-20)10-14-6-8-15(11-19)9-7-14/h6-10,13,17H,2-5H2,1H3,(H,21,22)/b16-10+/t13-,17+/m0/s1. The quantitative estimate of drug-likeness (QED) is 0.687. The minimum absolute atomic E-state index is 0.0995. The van der Waals surface area contributed by atoms with Crippen LogP contribution in [0.3, 0.4) is 0 Å². The minimum Gasteiger partial charge on any atom is -0.348 e. The van der Waals surface area contributed by atoms with Gasteiger partial charge in [0.25, 0.3) is 5.91 Å². The van der Waals surface area contributed by atoms with Gasteiger partial charge in [-0.15, -0.1) is 0 Å². The molecule has 1 aliphatic carbocycles. The number of rotatable bonds is 3. The minimum atomic E-state index is -0.314. The maximum atomic E-state index is 12.3. The number of hydrogen-bond donors (Lipinski definition) is 1. The zero-order valence-electron chi connectivity index (χ0n) is 12.7. The highest BCUT2D eigenvalue weighted by Gasteiger charge is 2.23. The van der Waals surface area contributed by atoms with Crippen molar-refractivity contribution < 1.29 is 4.79 Å². The maximum absolute atomic E-state index is 12.3. The van der Waals surface area contributed by atoms with Gasteiger partial charge in [-0.2, -0.15) is 10.5 Å². The molecule has 0 unspecified atom stereocenters. The summed E-state index contributed by atoms with van der Waals surface area (Å²) in [7, 11) is 0. The van der Waals surface area contributed by atoms with E-state index in [9.17, 15) is 10.1 Å². The molecule has 0 bridgehead atoms. The Morgan fingerprint density at radius 1 is 1.23 bits per heavy atom. The van der Waals surface area contributed by atoms with E-state index in [1.54, 1.807) is 30.3 Å². The Labute approximate surface area is 131 Å². The largest absolute Gasteiger partial charge is 0.348 e. The van der Waals surface area contributed by atoms with Crippen LogP contribution in [0.4, 0.5) is 0 Å². The van der Waals surface area contributed by atoms with E-state index >= 15 is 0 Å². The molecule has 4 nitrogen and oxygen atoms in total. The van der Waals surface area contributed by atoms with Crippen LogP contribution < -0.4 is 5.32 Å². The third-order valence-electron chi connectivity index (χ3n) is 4.14. The van der Waals surface area contributed by atoms with Gasteiger partial charge in [0.2, 0.25) is 0 Å². The lowest BCUT2D eigenvalue weighted by molar-refractivity contribution is -0.118. The van der Waals surface area contributed by atoms with E-state index < -0.39 is 0 Å². The molecule has 0 aliphatic heterocycles. The number of nitriles is 2. The van der Waals surface area contributed by atoms with Gasteiger partial charge in [-0.05, 0) is 42.5 Å². The molecule has 1 aromatic carbocycles. The van der Waals surface area contributed by atoms with Crippen LogP contribution in [0.15, 0.2) is 29.8 Å². The maximum Gasteiger partial charge on any atom is 0.262 e. The summed E-state index contributed by atoms with van der Waals surface area (Å²) in [5.74, 6) is 0.137. The molecule has 0 saturated heterocycles. The fraction of sp³-hybridized carbons (Fsp3) is 0.389. The molecule has 1 N–H and O–H groups in total. The fourth-order valence-electron chi connectivity index (χ4n) is 2.75. The van der Waals surface area contributed by atoms with Crippen LogP contribution in [0.5, 0.6) is 0 Å². The lowest BCUT2D eigenvalue weighted by atomic mass is 9.86. The normalized spacial score (nSPS) is 21.5. The SMILES string of the molecule is C[C@H]1CCCC[C@H]1NC(=O)/C(C#N)=C/c1ccc(C#N)cc1. The topological polar surface area (TPSA) is 76.7 Å². The number of carbonyl (C=O) groups is 1. The fourth-order valence-corrected chi connectivity index (χ4v) is 2.75. The van der Waals surface area contributed by atoms with Crippen molar-refractivity contribution in [3.63, 3.8) is 0 Å². The smallest absolute Gasteiger partial charge is 0.262 e. The first-order chi connectivity index (χ1) is 10.6. The van der Waals surface area contributed by atoms with E-state index in [2.05, 4.69) is 12.2 Å². The number of benzene rings is 1. The van der Waals surface area contributed by atoms with E-state index in [0.717, 1.165) is 24.8 Å². The summed E-state index contributed by atoms with van der Waals surface area (Å²) >= 11 is 0. The Morgan fingerprint density at radius 3 is 2.50 bits per heavy atom. The van der Waals surface area contributed by atoms with Crippen LogP contribution in [0.25, 0.3) is 6.08 Å². The van der Waals surface area contributed by atoms with E-state index in [4.69, 9.17) is 5.26 Å². The van der Waals surface area contributed by atoms with Crippen LogP contribution in [0, 0.1) is 28.6 Å². The number of amides is 1. The zero-order chi connectivity index (χ0) is 15.9. The molecule has 2 rings (SSSR count). The van der Waals surface area contributed by atoms with Crippen molar-refractivity contribution in [2.45, 2.75) is 38.6 Å². The molecule has 1 fully saturated rings. The van der Waals surface area contributed by atoms with Crippen molar-refractivity contribution in [2.75, 3.05) is 0 Å². The second-order valence-corrected chi connectivity index (χ2v) is 5.75. The third-order valence-corrected chi connectivity index (χ3v) is 4.14. The summed E-state index contributed by atoms with van der Waals surface area (Å²) in [4.78, 5) is 12.3. The second kappa shape index (κ2) is 7.43. The van der Waals surface area contributed by atoms with Gasteiger partial charge >= 0.3 is 0 Å². The Morgan fingerprint density at radius 2 is 1.91 bits per heavy atom. The third kappa shape index (κ3) is 3.96. The molecular formula is C18H19N3O. The van der Waals surface area contributed by atoms with Crippen LogP contribution in [0.2, 0.25) is 0 Å². The monoisotopic (exact) mass is 293 g/mol. The Balaban J connectivity index is 2.09. The molecular weight excluding hydrogens is 274 g/mol. The summed E-state index contributed by atoms with van der Waals surface area (Å²) in [6.45, 7) is 2.14. The van der Waals surface area contributed by atoms with Gasteiger partial charge in [0.15, 0.2) is 0 Å². The summed E-state index contributed by atoms with van der Waals surface area (Å²) < 4.78 is 0. The first kappa shape index (κ1) is 15.8. The van der Waals surface area contributed by atoms with Crippen molar-refractivity contribution in [2.24, 2.45) is 5.92 Å². The van der Waals surface area contributed by atoms with Crippen LogP contribution in [0.1, 0.15) is 43.7 Å². The molecule has 1 saturated carbocycles. The number of nitrogens with zero attached hydrogens (tertiary/aromatic N) is 2. The molecule has 1 aromatic rings. The van der Waals surface area contributed by atoms with E-state index in [1.807, 2.05) is 12.1 Å². The first-order valence-electron chi connectivity index (χ1n) is 7.57. The summed E-state index contributed by atoms with van der Waals surface area (Å²) in [5, 5.41) is 21.0. The summed E-state index contributed by atoms with van der Waals surface area (Å²) in [6, 6.07) is 11.0. The summed E-state index contributed by atoms with van der Waals surface area (Å²) in [5.41, 5.74) is 1.39. The highest BCUT2D eigenvalue weighted by atomic mass is 16.1. The summed E-state index contributed by atoms with van der Waals surface area (Å²) in [6.07, 6.45) is 5.98. The Hall–Kier alpha value is -2.59. The molecule has 4 heteroatoms. The van der Waals surface area contributed by atoms with Crippen LogP contribution in [-0.4, -0.2) is 11.9 Å². The molecule has 0 aromatic heterocycles. The Bertz CT molecular complexity index is 646. The number of hydrogen-bond acceptors (Lipinski definition) is 3. The molecule has 0 radical (unpaired) electrons. The van der Waals surface area contributed by atoms with Gasteiger partial charge in [0, 0.05) is 6.04 Å². The van der Waals surface area contributed by atoms with Crippen molar-refractivity contribution in [3.8, 4) is 12.1 Å². The van der Waals surface area contributed by atoms with Gasteiger partial charge in [-0.25, -0.2) is 0 Å². The first-order valence-corrected chi connectivity index (χ1v) is 7.57. The zero-order valence-corrected chi connectivity index (χ0v) is 12.7. The number of nitrogens with one attached hydrogen (secondary N) is 1. The van der Waals surface area contributed by atoms with Gasteiger partial charge in [0.05, 0.1) is 11.6 Å². The lowest BCUT2D eigenvalue weighted by Crippen LogP contribution is -2.41. The Kier molecular flexibility index (Phi) is 5.33. The molecule has 0 spiro atoms. The second-order valence-electron chi connectivity index (χ2n) is 5.75.